The van der Waals surface area contributed by atoms with Crippen molar-refractivity contribution in [3.05, 3.63) is 54.4 Å². The molecule has 8 heteroatoms. The van der Waals surface area contributed by atoms with Crippen molar-refractivity contribution in [2.24, 2.45) is 9.98 Å². The van der Waals surface area contributed by atoms with Crippen molar-refractivity contribution in [3.63, 3.8) is 0 Å². The molecule has 1 fully saturated rings. The van der Waals surface area contributed by atoms with Crippen molar-refractivity contribution in [3.8, 4) is 11.1 Å². The molecular formula is C21H22N4O3S. The predicted molar refractivity (Wildman–Crippen MR) is 115 cm³/mol. The summed E-state index contributed by atoms with van der Waals surface area (Å²) in [5.74, 6) is 0.518. The summed E-state index contributed by atoms with van der Waals surface area (Å²) in [4.78, 5) is 24.4. The summed E-state index contributed by atoms with van der Waals surface area (Å²) in [6, 6.07) is 10.3. The minimum absolute atomic E-state index is 0.250. The van der Waals surface area contributed by atoms with E-state index in [1.165, 1.54) is 6.20 Å². The predicted octanol–water partition coefficient (Wildman–Crippen LogP) is 3.65. The number of carbonyl (C=O) groups excluding carboxylic acids is 1. The van der Waals surface area contributed by atoms with Crippen LogP contribution in [0.15, 0.2) is 69.2 Å². The number of anilines is 1. The van der Waals surface area contributed by atoms with E-state index in [9.17, 15) is 13.2 Å². The van der Waals surface area contributed by atoms with Gasteiger partial charge in [-0.25, -0.2) is 23.4 Å². The van der Waals surface area contributed by atoms with E-state index in [2.05, 4.69) is 27.0 Å². The molecule has 1 aliphatic carbocycles. The lowest BCUT2D eigenvalue weighted by atomic mass is 10.1. The van der Waals surface area contributed by atoms with E-state index in [1.807, 2.05) is 6.07 Å². The summed E-state index contributed by atoms with van der Waals surface area (Å²) in [6.45, 7) is 6.68. The molecule has 7 nitrogen and oxygen atoms in total. The normalized spacial score (nSPS) is 15.1. The van der Waals surface area contributed by atoms with Gasteiger partial charge in [-0.05, 0) is 63.2 Å². The Bertz CT molecular complexity index is 1100. The smallest absolute Gasteiger partial charge is 0.254 e. The Morgan fingerprint density at radius 1 is 1.21 bits per heavy atom. The number of amidine groups is 1. The van der Waals surface area contributed by atoms with Crippen LogP contribution in [-0.4, -0.2) is 37.1 Å². The Kier molecular flexibility index (Phi) is 6.03. The maximum absolute atomic E-state index is 12.4. The highest BCUT2D eigenvalue weighted by Crippen LogP contribution is 2.34. The van der Waals surface area contributed by atoms with Gasteiger partial charge in [0.1, 0.15) is 11.7 Å². The number of nitrogens with zero attached hydrogens (tertiary/aromatic N) is 3. The van der Waals surface area contributed by atoms with Gasteiger partial charge in [0, 0.05) is 23.5 Å². The number of rotatable bonds is 6. The van der Waals surface area contributed by atoms with Crippen LogP contribution in [0.3, 0.4) is 0 Å². The largest absolute Gasteiger partial charge is 0.307 e. The topological polar surface area (TPSA) is 101 Å². The van der Waals surface area contributed by atoms with Gasteiger partial charge in [-0.1, -0.05) is 12.1 Å². The van der Waals surface area contributed by atoms with Crippen molar-refractivity contribution in [1.29, 1.82) is 0 Å². The number of hydrogen-bond acceptors (Lipinski definition) is 5. The highest BCUT2D eigenvalue weighted by atomic mass is 32.2. The van der Waals surface area contributed by atoms with Crippen molar-refractivity contribution < 1.29 is 13.2 Å². The van der Waals surface area contributed by atoms with Crippen molar-refractivity contribution >= 4 is 34.1 Å². The zero-order valence-corrected chi connectivity index (χ0v) is 17.1. The minimum Gasteiger partial charge on any atom is -0.307 e. The first-order valence-corrected chi connectivity index (χ1v) is 10.7. The molecule has 0 aliphatic heterocycles. The zero-order valence-electron chi connectivity index (χ0n) is 16.3. The Morgan fingerprint density at radius 3 is 2.59 bits per heavy atom. The molecule has 0 bridgehead atoms. The SMILES string of the molecule is C=NC(C)=N/C=C(\C)C(=O)Nc1ccc(-c2cccc(S(=O)(=O)C3CC3)c2)cn1. The Balaban J connectivity index is 1.74. The van der Waals surface area contributed by atoms with Crippen LogP contribution in [0, 0.1) is 0 Å². The number of pyridine rings is 1. The third kappa shape index (κ3) is 5.03. The van der Waals surface area contributed by atoms with Gasteiger partial charge in [-0.3, -0.25) is 4.79 Å². The van der Waals surface area contributed by atoms with Crippen molar-refractivity contribution in [2.75, 3.05) is 5.32 Å². The van der Waals surface area contributed by atoms with E-state index >= 15 is 0 Å². The second kappa shape index (κ2) is 8.48. The van der Waals surface area contributed by atoms with Gasteiger partial charge in [0.15, 0.2) is 9.84 Å². The Morgan fingerprint density at radius 2 is 1.97 bits per heavy atom. The van der Waals surface area contributed by atoms with Crippen LogP contribution in [0.25, 0.3) is 11.1 Å². The lowest BCUT2D eigenvalue weighted by Crippen LogP contribution is -2.13. The molecule has 1 heterocycles. The van der Waals surface area contributed by atoms with E-state index in [1.54, 1.807) is 50.4 Å². The summed E-state index contributed by atoms with van der Waals surface area (Å²) in [5, 5.41) is 2.44. The third-order valence-electron chi connectivity index (χ3n) is 4.50. The summed E-state index contributed by atoms with van der Waals surface area (Å²) in [6.07, 6.45) is 4.47. The number of benzene rings is 1. The number of hydrogen-bond donors (Lipinski definition) is 1. The summed E-state index contributed by atoms with van der Waals surface area (Å²) in [7, 11) is -3.25. The van der Waals surface area contributed by atoms with E-state index in [-0.39, 0.29) is 11.2 Å². The number of aromatic nitrogens is 1. The monoisotopic (exact) mass is 410 g/mol. The van der Waals surface area contributed by atoms with Crippen LogP contribution in [-0.2, 0) is 14.6 Å². The maximum Gasteiger partial charge on any atom is 0.254 e. The van der Waals surface area contributed by atoms with E-state index in [0.29, 0.717) is 22.1 Å². The molecule has 150 valence electrons. The summed E-state index contributed by atoms with van der Waals surface area (Å²) in [5.41, 5.74) is 1.92. The van der Waals surface area contributed by atoms with Crippen LogP contribution >= 0.6 is 0 Å². The van der Waals surface area contributed by atoms with Crippen LogP contribution in [0.4, 0.5) is 5.82 Å². The fraction of sp³-hybridized carbons (Fsp3) is 0.238. The molecule has 1 amide bonds. The highest BCUT2D eigenvalue weighted by molar-refractivity contribution is 7.92. The highest BCUT2D eigenvalue weighted by Gasteiger charge is 2.36. The number of amides is 1. The van der Waals surface area contributed by atoms with Gasteiger partial charge in [-0.2, -0.15) is 0 Å². The van der Waals surface area contributed by atoms with Gasteiger partial charge < -0.3 is 5.32 Å². The standard InChI is InChI=1S/C21H22N4O3S/c1-14(12-23-15(2)22-3)21(26)25-20-10-7-17(13-24-20)16-5-4-6-19(11-16)29(27,28)18-8-9-18/h4-7,10-13,18H,3,8-9H2,1-2H3,(H,24,25,26)/b14-12+,23-15?. The second-order valence-corrected chi connectivity index (χ2v) is 9.03. The van der Waals surface area contributed by atoms with E-state index < -0.39 is 9.84 Å². The zero-order chi connectivity index (χ0) is 21.0. The molecule has 0 spiro atoms. The molecule has 1 aliphatic rings. The van der Waals surface area contributed by atoms with Gasteiger partial charge in [0.05, 0.1) is 10.1 Å². The van der Waals surface area contributed by atoms with E-state index in [0.717, 1.165) is 24.0 Å². The maximum atomic E-state index is 12.4. The summed E-state index contributed by atoms with van der Waals surface area (Å²) < 4.78 is 24.9. The average Bonchev–Trinajstić information content (AvgIpc) is 3.58. The minimum atomic E-state index is -3.25. The molecule has 29 heavy (non-hydrogen) atoms. The quantitative estimate of drug-likeness (QED) is 0.446. The number of aliphatic imine (C=N–C) groups is 2. The first-order valence-electron chi connectivity index (χ1n) is 9.11. The summed E-state index contributed by atoms with van der Waals surface area (Å²) >= 11 is 0. The molecule has 1 N–H and O–H groups in total. The fourth-order valence-electron chi connectivity index (χ4n) is 2.57. The van der Waals surface area contributed by atoms with Gasteiger partial charge in [-0.15, -0.1) is 0 Å². The molecule has 2 aromatic rings. The molecule has 3 rings (SSSR count). The van der Waals surface area contributed by atoms with Crippen LogP contribution in [0.1, 0.15) is 26.7 Å². The van der Waals surface area contributed by atoms with Crippen LogP contribution in [0.2, 0.25) is 0 Å². The average molecular weight is 410 g/mol. The molecular weight excluding hydrogens is 388 g/mol. The number of nitrogens with one attached hydrogen (secondary N) is 1. The molecule has 1 saturated carbocycles. The van der Waals surface area contributed by atoms with Crippen LogP contribution in [0.5, 0.6) is 0 Å². The van der Waals surface area contributed by atoms with Crippen LogP contribution < -0.4 is 5.32 Å². The molecule has 1 aromatic carbocycles. The Hall–Kier alpha value is -3.13. The van der Waals surface area contributed by atoms with Gasteiger partial charge in [0.2, 0.25) is 0 Å². The molecule has 0 atom stereocenters. The molecule has 0 radical (unpaired) electrons. The number of sulfone groups is 1. The van der Waals surface area contributed by atoms with Gasteiger partial charge in [0.25, 0.3) is 5.91 Å². The van der Waals surface area contributed by atoms with Crippen molar-refractivity contribution in [2.45, 2.75) is 36.8 Å². The second-order valence-electron chi connectivity index (χ2n) is 6.80. The first-order chi connectivity index (χ1) is 13.8. The van der Waals surface area contributed by atoms with Crippen molar-refractivity contribution in [1.82, 2.24) is 4.98 Å². The fourth-order valence-corrected chi connectivity index (χ4v) is 4.27. The molecule has 1 aromatic heterocycles. The first kappa shape index (κ1) is 20.6. The lowest BCUT2D eigenvalue weighted by molar-refractivity contribution is -0.112. The molecule has 0 unspecified atom stereocenters. The van der Waals surface area contributed by atoms with E-state index in [4.69, 9.17) is 0 Å². The van der Waals surface area contributed by atoms with Gasteiger partial charge >= 0.3 is 0 Å². The lowest BCUT2D eigenvalue weighted by Gasteiger charge is -2.08. The third-order valence-corrected chi connectivity index (χ3v) is 6.76. The Labute approximate surface area is 170 Å². The molecule has 0 saturated heterocycles. The number of carbonyl (C=O) groups is 1.